The zero-order valence-electron chi connectivity index (χ0n) is 13.4. The lowest BCUT2D eigenvalue weighted by Gasteiger charge is -2.28. The Kier molecular flexibility index (Phi) is 6.09. The highest BCUT2D eigenvalue weighted by molar-refractivity contribution is 5.89. The largest absolute Gasteiger partial charge is 0.339 e. The summed E-state index contributed by atoms with van der Waals surface area (Å²) in [6.07, 6.45) is 7.30. The first-order valence-corrected chi connectivity index (χ1v) is 8.45. The minimum Gasteiger partial charge on any atom is -0.339 e. The predicted molar refractivity (Wildman–Crippen MR) is 88.0 cm³/mol. The molecule has 2 atom stereocenters. The van der Waals surface area contributed by atoms with Crippen molar-refractivity contribution in [1.82, 2.24) is 15.1 Å². The van der Waals surface area contributed by atoms with E-state index in [1.165, 1.54) is 12.8 Å². The van der Waals surface area contributed by atoms with E-state index in [-0.39, 0.29) is 30.1 Å². The molecular weight excluding hydrogens is 302 g/mol. The number of rotatable bonds is 4. The maximum Gasteiger partial charge on any atom is 0.228 e. The Morgan fingerprint density at radius 1 is 1.23 bits per heavy atom. The quantitative estimate of drug-likeness (QED) is 0.848. The van der Waals surface area contributed by atoms with Gasteiger partial charge < -0.3 is 15.1 Å². The average molecular weight is 330 g/mol. The van der Waals surface area contributed by atoms with Crippen LogP contribution in [0, 0.1) is 5.92 Å². The molecule has 1 saturated carbocycles. The summed E-state index contributed by atoms with van der Waals surface area (Å²) >= 11 is 0. The fourth-order valence-corrected chi connectivity index (χ4v) is 4.27. The van der Waals surface area contributed by atoms with Gasteiger partial charge in [-0.05, 0) is 32.7 Å². The molecule has 0 aromatic rings. The lowest BCUT2D eigenvalue weighted by Crippen LogP contribution is -2.44. The molecule has 0 aromatic carbocycles. The number of hydrogen-bond donors (Lipinski definition) is 1. The molecule has 2 unspecified atom stereocenters. The topological polar surface area (TPSA) is 52.7 Å². The zero-order chi connectivity index (χ0) is 14.8. The lowest BCUT2D eigenvalue weighted by atomic mass is 10.1. The summed E-state index contributed by atoms with van der Waals surface area (Å²) in [4.78, 5) is 29.0. The highest BCUT2D eigenvalue weighted by atomic mass is 35.5. The van der Waals surface area contributed by atoms with Gasteiger partial charge in [0, 0.05) is 38.1 Å². The third-order valence-electron chi connectivity index (χ3n) is 5.37. The van der Waals surface area contributed by atoms with Crippen LogP contribution < -0.4 is 5.32 Å². The molecule has 1 N–H and O–H groups in total. The highest BCUT2D eigenvalue weighted by Crippen LogP contribution is 2.31. The Bertz CT molecular complexity index is 412. The molecule has 3 rings (SSSR count). The Morgan fingerprint density at radius 2 is 1.95 bits per heavy atom. The Balaban J connectivity index is 0.00000176. The SMILES string of the molecule is CNCC1CCCN1C(=O)C1CC(=O)N(C2CCCC2)C1.Cl. The zero-order valence-corrected chi connectivity index (χ0v) is 14.2. The maximum atomic E-state index is 12.8. The van der Waals surface area contributed by atoms with Crippen LogP contribution in [0.5, 0.6) is 0 Å². The summed E-state index contributed by atoms with van der Waals surface area (Å²) in [6, 6.07) is 0.722. The van der Waals surface area contributed by atoms with E-state index < -0.39 is 0 Å². The Labute approximate surface area is 139 Å². The molecule has 2 saturated heterocycles. The summed E-state index contributed by atoms with van der Waals surface area (Å²) in [7, 11) is 1.93. The summed E-state index contributed by atoms with van der Waals surface area (Å²) in [5.74, 6) is 0.307. The van der Waals surface area contributed by atoms with Crippen molar-refractivity contribution < 1.29 is 9.59 Å². The van der Waals surface area contributed by atoms with Crippen LogP contribution in [-0.4, -0.2) is 60.4 Å². The fourth-order valence-electron chi connectivity index (χ4n) is 4.27. The molecule has 5 nitrogen and oxygen atoms in total. The van der Waals surface area contributed by atoms with Crippen molar-refractivity contribution >= 4 is 24.2 Å². The minimum absolute atomic E-state index is 0. The summed E-state index contributed by atoms with van der Waals surface area (Å²) < 4.78 is 0. The smallest absolute Gasteiger partial charge is 0.228 e. The van der Waals surface area contributed by atoms with E-state index in [1.807, 2.05) is 16.8 Å². The molecule has 2 heterocycles. The van der Waals surface area contributed by atoms with Gasteiger partial charge in [-0.15, -0.1) is 12.4 Å². The number of nitrogens with one attached hydrogen (secondary N) is 1. The van der Waals surface area contributed by atoms with Crippen LogP contribution in [0.1, 0.15) is 44.9 Å². The first-order chi connectivity index (χ1) is 10.2. The second-order valence-corrected chi connectivity index (χ2v) is 6.77. The van der Waals surface area contributed by atoms with Gasteiger partial charge in [0.05, 0.1) is 5.92 Å². The molecule has 0 aromatic heterocycles. The van der Waals surface area contributed by atoms with Gasteiger partial charge in [0.2, 0.25) is 11.8 Å². The second-order valence-electron chi connectivity index (χ2n) is 6.77. The van der Waals surface area contributed by atoms with Gasteiger partial charge in [-0.3, -0.25) is 9.59 Å². The van der Waals surface area contributed by atoms with Crippen LogP contribution >= 0.6 is 12.4 Å². The molecule has 0 spiro atoms. The minimum atomic E-state index is -0.101. The number of carbonyl (C=O) groups excluding carboxylic acids is 2. The molecule has 2 amide bonds. The first-order valence-electron chi connectivity index (χ1n) is 8.45. The first kappa shape index (κ1) is 17.5. The average Bonchev–Trinajstić information content (AvgIpc) is 3.17. The molecule has 0 bridgehead atoms. The van der Waals surface area contributed by atoms with Crippen molar-refractivity contribution in [2.24, 2.45) is 5.92 Å². The van der Waals surface area contributed by atoms with E-state index in [0.717, 1.165) is 38.8 Å². The van der Waals surface area contributed by atoms with Crippen molar-refractivity contribution in [3.05, 3.63) is 0 Å². The predicted octanol–water partition coefficient (Wildman–Crippen LogP) is 1.41. The van der Waals surface area contributed by atoms with Gasteiger partial charge >= 0.3 is 0 Å². The van der Waals surface area contributed by atoms with Crippen LogP contribution in [0.25, 0.3) is 0 Å². The van der Waals surface area contributed by atoms with Crippen molar-refractivity contribution in [3.63, 3.8) is 0 Å². The second kappa shape index (κ2) is 7.64. The Hall–Kier alpha value is -0.810. The number of carbonyl (C=O) groups is 2. The van der Waals surface area contributed by atoms with E-state index >= 15 is 0 Å². The molecule has 1 aliphatic carbocycles. The molecule has 3 aliphatic rings. The lowest BCUT2D eigenvalue weighted by molar-refractivity contribution is -0.136. The van der Waals surface area contributed by atoms with Crippen LogP contribution in [-0.2, 0) is 9.59 Å². The van der Waals surface area contributed by atoms with Crippen LogP contribution in [0.15, 0.2) is 0 Å². The van der Waals surface area contributed by atoms with E-state index in [1.54, 1.807) is 0 Å². The van der Waals surface area contributed by atoms with Gasteiger partial charge in [0.1, 0.15) is 0 Å². The molecular formula is C16H28ClN3O2. The van der Waals surface area contributed by atoms with E-state index in [0.29, 0.717) is 25.0 Å². The number of likely N-dealkylation sites (N-methyl/N-ethyl adjacent to an activating group) is 1. The number of halogens is 1. The third kappa shape index (κ3) is 3.40. The van der Waals surface area contributed by atoms with Gasteiger partial charge in [-0.25, -0.2) is 0 Å². The van der Waals surface area contributed by atoms with Crippen molar-refractivity contribution in [3.8, 4) is 0 Å². The summed E-state index contributed by atoms with van der Waals surface area (Å²) in [5, 5.41) is 3.18. The number of nitrogens with zero attached hydrogens (tertiary/aromatic N) is 2. The van der Waals surface area contributed by atoms with Gasteiger partial charge in [-0.1, -0.05) is 12.8 Å². The molecule has 22 heavy (non-hydrogen) atoms. The van der Waals surface area contributed by atoms with Crippen LogP contribution in [0.2, 0.25) is 0 Å². The highest BCUT2D eigenvalue weighted by Gasteiger charge is 2.41. The van der Waals surface area contributed by atoms with E-state index in [4.69, 9.17) is 0 Å². The number of amides is 2. The van der Waals surface area contributed by atoms with Crippen LogP contribution in [0.4, 0.5) is 0 Å². The van der Waals surface area contributed by atoms with Crippen molar-refractivity contribution in [2.75, 3.05) is 26.7 Å². The van der Waals surface area contributed by atoms with Crippen LogP contribution in [0.3, 0.4) is 0 Å². The fraction of sp³-hybridized carbons (Fsp3) is 0.875. The summed E-state index contributed by atoms with van der Waals surface area (Å²) in [5.41, 5.74) is 0. The van der Waals surface area contributed by atoms with Crippen molar-refractivity contribution in [1.29, 1.82) is 0 Å². The monoisotopic (exact) mass is 329 g/mol. The number of hydrogen-bond acceptors (Lipinski definition) is 3. The normalized spacial score (nSPS) is 29.2. The molecule has 2 aliphatic heterocycles. The third-order valence-corrected chi connectivity index (χ3v) is 5.37. The number of likely N-dealkylation sites (tertiary alicyclic amines) is 2. The van der Waals surface area contributed by atoms with Crippen molar-refractivity contribution in [2.45, 2.75) is 57.0 Å². The molecule has 6 heteroatoms. The van der Waals surface area contributed by atoms with Gasteiger partial charge in [-0.2, -0.15) is 0 Å². The van der Waals surface area contributed by atoms with E-state index in [2.05, 4.69) is 5.32 Å². The maximum absolute atomic E-state index is 12.8. The Morgan fingerprint density at radius 3 is 2.64 bits per heavy atom. The molecule has 3 fully saturated rings. The van der Waals surface area contributed by atoms with Gasteiger partial charge in [0.25, 0.3) is 0 Å². The standard InChI is InChI=1S/C16H27N3O2.ClH/c1-17-10-14-7-4-8-18(14)16(21)12-9-15(20)19(11-12)13-5-2-3-6-13;/h12-14,17H,2-11H2,1H3;1H. The van der Waals surface area contributed by atoms with Gasteiger partial charge in [0.15, 0.2) is 0 Å². The summed E-state index contributed by atoms with van der Waals surface area (Å²) in [6.45, 7) is 2.38. The molecule has 0 radical (unpaired) electrons. The molecule has 126 valence electrons. The van der Waals surface area contributed by atoms with E-state index in [9.17, 15) is 9.59 Å².